The topological polar surface area (TPSA) is 120 Å². The van der Waals surface area contributed by atoms with Crippen LogP contribution >= 0.6 is 12.4 Å². The van der Waals surface area contributed by atoms with Gasteiger partial charge in [-0.15, -0.1) is 12.4 Å². The molecule has 1 aliphatic rings. The van der Waals surface area contributed by atoms with Crippen molar-refractivity contribution in [2.75, 3.05) is 13.2 Å². The van der Waals surface area contributed by atoms with Crippen molar-refractivity contribution in [2.24, 2.45) is 11.1 Å². The van der Waals surface area contributed by atoms with Crippen molar-refractivity contribution < 1.29 is 46.6 Å². The summed E-state index contributed by atoms with van der Waals surface area (Å²) < 4.78 is 85.4. The largest absolute Gasteiger partial charge is 0.416 e. The van der Waals surface area contributed by atoms with Gasteiger partial charge in [-0.05, 0) is 56.0 Å². The van der Waals surface area contributed by atoms with Crippen molar-refractivity contribution in [3.8, 4) is 0 Å². The Bertz CT molecular complexity index is 1030. The third-order valence-corrected chi connectivity index (χ3v) is 6.49. The van der Waals surface area contributed by atoms with Crippen LogP contribution in [0.5, 0.6) is 0 Å². The highest BCUT2D eigenvalue weighted by Crippen LogP contribution is 2.39. The summed E-state index contributed by atoms with van der Waals surface area (Å²) in [5.41, 5.74) is -4.48. The SMILES string of the molecule is C/C(=N\O)C1(O)CC[C@@](CO[C@H](C)c2cc(C(F)(F)F)cc(C(F)(F)F)c2)(c2ccccc2)NC1.Cl.NO. The van der Waals surface area contributed by atoms with E-state index in [1.165, 1.54) is 13.8 Å². The van der Waals surface area contributed by atoms with Crippen molar-refractivity contribution >= 4 is 18.1 Å². The van der Waals surface area contributed by atoms with Crippen molar-refractivity contribution in [3.63, 3.8) is 0 Å². The van der Waals surface area contributed by atoms with Crippen LogP contribution in [0.2, 0.25) is 0 Å². The third kappa shape index (κ3) is 7.80. The van der Waals surface area contributed by atoms with E-state index in [1.807, 2.05) is 12.1 Å². The molecular weight excluding hydrogens is 544 g/mol. The van der Waals surface area contributed by atoms with E-state index in [0.29, 0.717) is 18.6 Å². The zero-order valence-electron chi connectivity index (χ0n) is 20.5. The molecule has 14 heteroatoms. The van der Waals surface area contributed by atoms with Crippen LogP contribution in [0.1, 0.15) is 55.0 Å². The Kier molecular flexibility index (Phi) is 11.6. The monoisotopic (exact) mass is 573 g/mol. The number of nitrogens with one attached hydrogen (secondary N) is 1. The van der Waals surface area contributed by atoms with Crippen molar-refractivity contribution in [1.29, 1.82) is 0 Å². The fraction of sp³-hybridized carbons (Fsp3) is 0.458. The lowest BCUT2D eigenvalue weighted by atomic mass is 9.76. The average molecular weight is 574 g/mol. The van der Waals surface area contributed by atoms with Gasteiger partial charge in [0.25, 0.3) is 0 Å². The maximum Gasteiger partial charge on any atom is 0.416 e. The number of nitrogens with zero attached hydrogens (tertiary/aromatic N) is 1. The summed E-state index contributed by atoms with van der Waals surface area (Å²) in [6, 6.07) is 10.4. The molecule has 0 amide bonds. The van der Waals surface area contributed by atoms with E-state index in [1.54, 1.807) is 18.2 Å². The molecule has 0 bridgehead atoms. The Hall–Kier alpha value is -2.42. The van der Waals surface area contributed by atoms with E-state index >= 15 is 0 Å². The molecule has 6 N–H and O–H groups in total. The summed E-state index contributed by atoms with van der Waals surface area (Å²) in [5, 5.41) is 32.6. The van der Waals surface area contributed by atoms with Crippen molar-refractivity contribution in [3.05, 3.63) is 70.8 Å². The molecule has 1 unspecified atom stereocenters. The zero-order chi connectivity index (χ0) is 28.1. The van der Waals surface area contributed by atoms with Crippen LogP contribution in [0.3, 0.4) is 0 Å². The molecular formula is C24H30ClF6N3O4. The van der Waals surface area contributed by atoms with Gasteiger partial charge >= 0.3 is 12.4 Å². The molecule has 0 aromatic heterocycles. The summed E-state index contributed by atoms with van der Waals surface area (Å²) in [6.45, 7) is 2.76. The standard InChI is InChI=1S/C24H26F6N2O3.ClH.H3NO/c1-15(17-10-19(23(25,26)27)12-20(11-17)24(28,29)30)35-14-21(18-6-4-3-5-7-18)8-9-22(33,13-31-21)16(2)32-34;;1-2/h3-7,10-12,15,31,33-34H,8-9,13-14H2,1-2H3;1H;2H,1H2/b32-16+;;/t15-,21-,22?;;/m1../s1. The first-order valence-corrected chi connectivity index (χ1v) is 11.1. The van der Waals surface area contributed by atoms with Gasteiger partial charge in [0, 0.05) is 6.54 Å². The summed E-state index contributed by atoms with van der Waals surface area (Å²) in [4.78, 5) is 0. The fourth-order valence-electron chi connectivity index (χ4n) is 4.10. The smallest absolute Gasteiger partial charge is 0.411 e. The van der Waals surface area contributed by atoms with Crippen LogP contribution in [-0.2, 0) is 22.6 Å². The number of β-amino-alcohol motifs (C(OH)–C–C–N with tert-alkyl or cyclic N) is 1. The lowest BCUT2D eigenvalue weighted by Gasteiger charge is -2.45. The summed E-state index contributed by atoms with van der Waals surface area (Å²) in [6.07, 6.45) is -10.5. The molecule has 1 aliphatic heterocycles. The number of piperidine rings is 1. The number of oxime groups is 1. The highest BCUT2D eigenvalue weighted by Gasteiger charge is 2.45. The van der Waals surface area contributed by atoms with E-state index in [-0.39, 0.29) is 49.3 Å². The number of alkyl halides is 6. The van der Waals surface area contributed by atoms with E-state index in [9.17, 15) is 31.4 Å². The van der Waals surface area contributed by atoms with E-state index < -0.39 is 40.7 Å². The van der Waals surface area contributed by atoms with Crippen LogP contribution in [0, 0.1) is 0 Å². The predicted octanol–water partition coefficient (Wildman–Crippen LogP) is 5.42. The van der Waals surface area contributed by atoms with Gasteiger partial charge < -0.3 is 25.6 Å². The Morgan fingerprint density at radius 3 is 1.97 bits per heavy atom. The minimum Gasteiger partial charge on any atom is -0.411 e. The molecule has 0 saturated carbocycles. The molecule has 3 atom stereocenters. The number of aliphatic hydroxyl groups is 1. The molecule has 214 valence electrons. The van der Waals surface area contributed by atoms with E-state index in [0.717, 1.165) is 5.56 Å². The highest BCUT2D eigenvalue weighted by atomic mass is 35.5. The first kappa shape index (κ1) is 33.6. The molecule has 0 aliphatic carbocycles. The van der Waals surface area contributed by atoms with Gasteiger partial charge in [0.1, 0.15) is 5.60 Å². The molecule has 1 heterocycles. The Labute approximate surface area is 221 Å². The Balaban J connectivity index is 0.00000235. The predicted molar refractivity (Wildman–Crippen MR) is 129 cm³/mol. The van der Waals surface area contributed by atoms with Gasteiger partial charge in [0.05, 0.1) is 35.1 Å². The van der Waals surface area contributed by atoms with Crippen LogP contribution < -0.4 is 11.2 Å². The van der Waals surface area contributed by atoms with Crippen molar-refractivity contribution in [2.45, 2.75) is 56.3 Å². The quantitative estimate of drug-likeness (QED) is 0.136. The Morgan fingerprint density at radius 1 is 1.03 bits per heavy atom. The van der Waals surface area contributed by atoms with Gasteiger partial charge in [0.2, 0.25) is 0 Å². The molecule has 3 rings (SSSR count). The minimum atomic E-state index is -4.96. The molecule has 0 radical (unpaired) electrons. The number of hydrogen-bond acceptors (Lipinski definition) is 7. The maximum atomic E-state index is 13.3. The summed E-state index contributed by atoms with van der Waals surface area (Å²) in [7, 11) is 0. The second kappa shape index (κ2) is 13.1. The molecule has 1 saturated heterocycles. The number of benzene rings is 2. The Morgan fingerprint density at radius 2 is 1.55 bits per heavy atom. The summed E-state index contributed by atoms with van der Waals surface area (Å²) in [5.74, 6) is 3.50. The molecule has 2 aromatic carbocycles. The maximum absolute atomic E-state index is 13.3. The third-order valence-electron chi connectivity index (χ3n) is 6.49. The lowest BCUT2D eigenvalue weighted by Crippen LogP contribution is -2.60. The van der Waals surface area contributed by atoms with Gasteiger partial charge in [-0.2, -0.15) is 26.3 Å². The van der Waals surface area contributed by atoms with Gasteiger partial charge in [-0.25, -0.2) is 5.90 Å². The number of halogens is 7. The van der Waals surface area contributed by atoms with Crippen LogP contribution in [0.4, 0.5) is 26.3 Å². The van der Waals surface area contributed by atoms with Gasteiger partial charge in [-0.3, -0.25) is 0 Å². The first-order chi connectivity index (χ1) is 17.2. The van der Waals surface area contributed by atoms with E-state index in [4.69, 9.17) is 15.2 Å². The highest BCUT2D eigenvalue weighted by molar-refractivity contribution is 5.90. The lowest BCUT2D eigenvalue weighted by molar-refractivity contribution is -0.143. The minimum absolute atomic E-state index is 0. The molecule has 2 aromatic rings. The molecule has 7 nitrogen and oxygen atoms in total. The number of nitrogens with two attached hydrogens (primary N) is 1. The molecule has 38 heavy (non-hydrogen) atoms. The second-order valence-corrected chi connectivity index (χ2v) is 8.81. The number of hydrogen-bond donors (Lipinski definition) is 5. The van der Waals surface area contributed by atoms with E-state index in [2.05, 4.69) is 16.4 Å². The number of rotatable bonds is 6. The first-order valence-electron chi connectivity index (χ1n) is 11.1. The van der Waals surface area contributed by atoms with Crippen LogP contribution in [-0.4, -0.2) is 40.0 Å². The number of ether oxygens (including phenoxy) is 1. The normalized spacial score (nSPS) is 23.1. The zero-order valence-corrected chi connectivity index (χ0v) is 21.3. The van der Waals surface area contributed by atoms with Crippen molar-refractivity contribution in [1.82, 2.24) is 5.32 Å². The van der Waals surface area contributed by atoms with Crippen LogP contribution in [0.25, 0.3) is 0 Å². The second-order valence-electron chi connectivity index (χ2n) is 8.81. The average Bonchev–Trinajstić information content (AvgIpc) is 2.88. The fourth-order valence-corrected chi connectivity index (χ4v) is 4.10. The molecule has 1 fully saturated rings. The summed E-state index contributed by atoms with van der Waals surface area (Å²) >= 11 is 0. The van der Waals surface area contributed by atoms with Gasteiger partial charge in [0.15, 0.2) is 0 Å². The van der Waals surface area contributed by atoms with Crippen LogP contribution in [0.15, 0.2) is 53.7 Å². The van der Waals surface area contributed by atoms with Gasteiger partial charge in [-0.1, -0.05) is 35.5 Å². The molecule has 0 spiro atoms.